The fourth-order valence-electron chi connectivity index (χ4n) is 3.02. The first-order valence-electron chi connectivity index (χ1n) is 7.17. The van der Waals surface area contributed by atoms with Gasteiger partial charge in [0.2, 0.25) is 0 Å². The van der Waals surface area contributed by atoms with Crippen LogP contribution in [0.2, 0.25) is 0 Å². The maximum Gasteiger partial charge on any atom is 0.0414 e. The van der Waals surface area contributed by atoms with Crippen LogP contribution in [0.25, 0.3) is 0 Å². The van der Waals surface area contributed by atoms with Crippen molar-refractivity contribution < 1.29 is 0 Å². The van der Waals surface area contributed by atoms with Crippen molar-refractivity contribution in [3.05, 3.63) is 29.8 Å². The van der Waals surface area contributed by atoms with Gasteiger partial charge >= 0.3 is 0 Å². The van der Waals surface area contributed by atoms with E-state index >= 15 is 0 Å². The van der Waals surface area contributed by atoms with Crippen LogP contribution in [-0.2, 0) is 0 Å². The largest absolute Gasteiger partial charge is 0.371 e. The van der Waals surface area contributed by atoms with Crippen molar-refractivity contribution in [2.45, 2.75) is 51.6 Å². The molecule has 0 heterocycles. The van der Waals surface area contributed by atoms with E-state index in [4.69, 9.17) is 5.73 Å². The van der Waals surface area contributed by atoms with Crippen molar-refractivity contribution in [1.29, 1.82) is 0 Å². The summed E-state index contributed by atoms with van der Waals surface area (Å²) in [5, 5.41) is 0. The summed E-state index contributed by atoms with van der Waals surface area (Å²) in [6.45, 7) is 4.43. The standard InChI is InChI=1S/C16H26N2/c1-12-8-10-14(11-9-12)18(3)16-7-5-4-6-15(16)13(2)17/h4-7,12-14H,8-11,17H2,1-3H3/t12?,13-,14?/m0/s1. The second-order valence-electron chi connectivity index (χ2n) is 5.87. The topological polar surface area (TPSA) is 29.3 Å². The molecule has 0 bridgehead atoms. The summed E-state index contributed by atoms with van der Waals surface area (Å²) < 4.78 is 0. The second-order valence-corrected chi connectivity index (χ2v) is 5.87. The van der Waals surface area contributed by atoms with E-state index in [-0.39, 0.29) is 6.04 Å². The molecule has 1 aliphatic rings. The summed E-state index contributed by atoms with van der Waals surface area (Å²) in [4.78, 5) is 2.45. The number of nitrogens with zero attached hydrogens (tertiary/aromatic N) is 1. The highest BCUT2D eigenvalue weighted by Crippen LogP contribution is 2.32. The van der Waals surface area contributed by atoms with Crippen molar-refractivity contribution in [3.63, 3.8) is 0 Å². The van der Waals surface area contributed by atoms with Gasteiger partial charge in [0.15, 0.2) is 0 Å². The van der Waals surface area contributed by atoms with E-state index in [1.165, 1.54) is 36.9 Å². The maximum atomic E-state index is 6.08. The number of rotatable bonds is 3. The SMILES string of the molecule is CC1CCC(N(C)c2ccccc2[C@H](C)N)CC1. The molecule has 1 aromatic carbocycles. The van der Waals surface area contributed by atoms with Crippen LogP contribution in [0.1, 0.15) is 51.1 Å². The summed E-state index contributed by atoms with van der Waals surface area (Å²) in [5.41, 5.74) is 8.65. The van der Waals surface area contributed by atoms with Crippen LogP contribution < -0.4 is 10.6 Å². The van der Waals surface area contributed by atoms with Gasteiger partial charge in [-0.15, -0.1) is 0 Å². The smallest absolute Gasteiger partial charge is 0.0414 e. The Labute approximate surface area is 111 Å². The van der Waals surface area contributed by atoms with Crippen LogP contribution in [-0.4, -0.2) is 13.1 Å². The molecule has 2 heteroatoms. The molecule has 0 saturated heterocycles. The highest BCUT2D eigenvalue weighted by molar-refractivity contribution is 5.55. The molecule has 1 fully saturated rings. The molecule has 1 atom stereocenters. The van der Waals surface area contributed by atoms with Gasteiger partial charge in [-0.05, 0) is 50.2 Å². The predicted octanol–water partition coefficient (Wildman–Crippen LogP) is 3.72. The fourth-order valence-corrected chi connectivity index (χ4v) is 3.02. The summed E-state index contributed by atoms with van der Waals surface area (Å²) >= 11 is 0. The Kier molecular flexibility index (Phi) is 4.28. The Morgan fingerprint density at radius 3 is 2.39 bits per heavy atom. The van der Waals surface area contributed by atoms with Gasteiger partial charge in [-0.25, -0.2) is 0 Å². The number of hydrogen-bond donors (Lipinski definition) is 1. The highest BCUT2D eigenvalue weighted by atomic mass is 15.1. The predicted molar refractivity (Wildman–Crippen MR) is 78.9 cm³/mol. The molecule has 2 nitrogen and oxygen atoms in total. The zero-order chi connectivity index (χ0) is 13.1. The molecule has 0 amide bonds. The van der Waals surface area contributed by atoms with Crippen LogP contribution in [0, 0.1) is 5.92 Å². The summed E-state index contributed by atoms with van der Waals surface area (Å²) in [7, 11) is 2.22. The van der Waals surface area contributed by atoms with Gasteiger partial charge in [0, 0.05) is 24.8 Å². The molecule has 0 radical (unpaired) electrons. The molecule has 1 aliphatic carbocycles. The van der Waals surface area contributed by atoms with E-state index in [2.05, 4.69) is 50.1 Å². The van der Waals surface area contributed by atoms with E-state index in [9.17, 15) is 0 Å². The lowest BCUT2D eigenvalue weighted by Crippen LogP contribution is -2.35. The van der Waals surface area contributed by atoms with Crippen LogP contribution in [0.4, 0.5) is 5.69 Å². The average Bonchev–Trinajstić information content (AvgIpc) is 2.39. The first-order chi connectivity index (χ1) is 8.59. The second kappa shape index (κ2) is 5.75. The Balaban J connectivity index is 2.15. The van der Waals surface area contributed by atoms with E-state index in [0.717, 1.165) is 5.92 Å². The number of benzene rings is 1. The van der Waals surface area contributed by atoms with Crippen LogP contribution >= 0.6 is 0 Å². The normalized spacial score (nSPS) is 25.8. The molecule has 1 saturated carbocycles. The van der Waals surface area contributed by atoms with Gasteiger partial charge < -0.3 is 10.6 Å². The average molecular weight is 246 g/mol. The number of hydrogen-bond acceptors (Lipinski definition) is 2. The molecule has 2 N–H and O–H groups in total. The molecule has 18 heavy (non-hydrogen) atoms. The number of para-hydroxylation sites is 1. The Bertz CT molecular complexity index is 378. The van der Waals surface area contributed by atoms with Crippen molar-refractivity contribution in [1.82, 2.24) is 0 Å². The quantitative estimate of drug-likeness (QED) is 0.880. The summed E-state index contributed by atoms with van der Waals surface area (Å²) in [6, 6.07) is 9.34. The molecule has 1 aromatic rings. The van der Waals surface area contributed by atoms with Gasteiger partial charge in [-0.3, -0.25) is 0 Å². The highest BCUT2D eigenvalue weighted by Gasteiger charge is 2.23. The monoisotopic (exact) mass is 246 g/mol. The minimum atomic E-state index is 0.103. The van der Waals surface area contributed by atoms with Gasteiger partial charge in [0.25, 0.3) is 0 Å². The van der Waals surface area contributed by atoms with E-state index in [1.54, 1.807) is 0 Å². The first kappa shape index (κ1) is 13.4. The van der Waals surface area contributed by atoms with Crippen molar-refractivity contribution in [2.24, 2.45) is 11.7 Å². The van der Waals surface area contributed by atoms with Gasteiger partial charge in [-0.1, -0.05) is 25.1 Å². The summed E-state index contributed by atoms with van der Waals surface area (Å²) in [6.07, 6.45) is 5.33. The van der Waals surface area contributed by atoms with Gasteiger partial charge in [0.05, 0.1) is 0 Å². The molecule has 2 rings (SSSR count). The van der Waals surface area contributed by atoms with Crippen molar-refractivity contribution in [2.75, 3.05) is 11.9 Å². The van der Waals surface area contributed by atoms with Crippen LogP contribution in [0.5, 0.6) is 0 Å². The van der Waals surface area contributed by atoms with Crippen LogP contribution in [0.15, 0.2) is 24.3 Å². The van der Waals surface area contributed by atoms with Crippen LogP contribution in [0.3, 0.4) is 0 Å². The third kappa shape index (κ3) is 2.86. The lowest BCUT2D eigenvalue weighted by atomic mass is 9.86. The lowest BCUT2D eigenvalue weighted by molar-refractivity contribution is 0.340. The summed E-state index contributed by atoms with van der Waals surface area (Å²) in [5.74, 6) is 0.901. The van der Waals surface area contributed by atoms with Crippen molar-refractivity contribution in [3.8, 4) is 0 Å². The minimum Gasteiger partial charge on any atom is -0.371 e. The van der Waals surface area contributed by atoms with Gasteiger partial charge in [-0.2, -0.15) is 0 Å². The third-order valence-corrected chi connectivity index (χ3v) is 4.34. The number of nitrogens with two attached hydrogens (primary N) is 1. The zero-order valence-electron chi connectivity index (χ0n) is 11.9. The molecule has 0 unspecified atom stereocenters. The Morgan fingerprint density at radius 2 is 1.78 bits per heavy atom. The molecule has 100 valence electrons. The molecule has 0 spiro atoms. The minimum absolute atomic E-state index is 0.103. The Morgan fingerprint density at radius 1 is 1.17 bits per heavy atom. The molecule has 0 aliphatic heterocycles. The Hall–Kier alpha value is -1.02. The first-order valence-corrected chi connectivity index (χ1v) is 7.17. The molecular formula is C16H26N2. The van der Waals surface area contributed by atoms with E-state index < -0.39 is 0 Å². The zero-order valence-corrected chi connectivity index (χ0v) is 11.9. The van der Waals surface area contributed by atoms with E-state index in [0.29, 0.717) is 6.04 Å². The molecular weight excluding hydrogens is 220 g/mol. The van der Waals surface area contributed by atoms with Gasteiger partial charge in [0.1, 0.15) is 0 Å². The number of anilines is 1. The molecule has 0 aromatic heterocycles. The maximum absolute atomic E-state index is 6.08. The van der Waals surface area contributed by atoms with E-state index in [1.807, 2.05) is 0 Å². The van der Waals surface area contributed by atoms with Crippen molar-refractivity contribution >= 4 is 5.69 Å². The fraction of sp³-hybridized carbons (Fsp3) is 0.625. The lowest BCUT2D eigenvalue weighted by Gasteiger charge is -2.36. The third-order valence-electron chi connectivity index (χ3n) is 4.34.